The molecule has 5 rings (SSSR count). The van der Waals surface area contributed by atoms with Crippen molar-refractivity contribution < 1.29 is 14.3 Å². The van der Waals surface area contributed by atoms with E-state index in [0.29, 0.717) is 6.61 Å². The summed E-state index contributed by atoms with van der Waals surface area (Å²) in [5.74, 6) is 2.72. The third-order valence-corrected chi connectivity index (χ3v) is 5.57. The molecule has 28 heavy (non-hydrogen) atoms. The van der Waals surface area contributed by atoms with Crippen LogP contribution in [0.15, 0.2) is 78.9 Å². The lowest BCUT2D eigenvalue weighted by Gasteiger charge is -2.33. The second kappa shape index (κ2) is 6.57. The van der Waals surface area contributed by atoms with Gasteiger partial charge in [0, 0.05) is 5.56 Å². The molecule has 0 amide bonds. The molecule has 0 N–H and O–H groups in total. The van der Waals surface area contributed by atoms with Crippen molar-refractivity contribution >= 4 is 5.69 Å². The lowest BCUT2D eigenvalue weighted by molar-refractivity contribution is -0.0136. The number of hydrogen-bond donors (Lipinski definition) is 0. The highest BCUT2D eigenvalue weighted by molar-refractivity contribution is 5.53. The molecule has 4 nitrogen and oxygen atoms in total. The van der Waals surface area contributed by atoms with Gasteiger partial charge in [0.05, 0.1) is 29.9 Å². The van der Waals surface area contributed by atoms with Crippen molar-refractivity contribution in [3.63, 3.8) is 0 Å². The van der Waals surface area contributed by atoms with Gasteiger partial charge in [-0.25, -0.2) is 5.06 Å². The number of fused-ring (bicyclic) bond motifs is 3. The van der Waals surface area contributed by atoms with E-state index in [1.165, 1.54) is 0 Å². The number of rotatable bonds is 3. The monoisotopic (exact) mass is 373 g/mol. The lowest BCUT2D eigenvalue weighted by Crippen LogP contribution is -2.36. The van der Waals surface area contributed by atoms with E-state index in [4.69, 9.17) is 14.3 Å². The van der Waals surface area contributed by atoms with Crippen LogP contribution < -0.4 is 14.5 Å². The Balaban J connectivity index is 1.55. The molecule has 0 aliphatic carbocycles. The Labute approximate surface area is 165 Å². The van der Waals surface area contributed by atoms with Crippen molar-refractivity contribution in [2.45, 2.75) is 25.5 Å². The molecule has 0 aromatic heterocycles. The molecule has 0 bridgehead atoms. The maximum atomic E-state index is 6.41. The molecule has 0 unspecified atom stereocenters. The summed E-state index contributed by atoms with van der Waals surface area (Å²) in [5.41, 5.74) is 1.82. The second-order valence-corrected chi connectivity index (χ2v) is 7.83. The largest absolute Gasteiger partial charge is 0.493 e. The third kappa shape index (κ3) is 2.90. The molecule has 0 saturated carbocycles. The number of ether oxygens (including phenoxy) is 2. The van der Waals surface area contributed by atoms with E-state index >= 15 is 0 Å². The first-order valence-corrected chi connectivity index (χ1v) is 9.65. The van der Waals surface area contributed by atoms with Crippen molar-refractivity contribution in [1.29, 1.82) is 0 Å². The lowest BCUT2D eigenvalue weighted by atomic mass is 9.81. The van der Waals surface area contributed by atoms with E-state index in [9.17, 15) is 0 Å². The summed E-state index contributed by atoms with van der Waals surface area (Å²) in [4.78, 5) is 6.41. The first-order valence-electron chi connectivity index (χ1n) is 9.65. The van der Waals surface area contributed by atoms with Crippen LogP contribution in [-0.4, -0.2) is 12.2 Å². The normalized spacial score (nSPS) is 22.1. The molecule has 1 saturated heterocycles. The molecule has 2 aliphatic heterocycles. The van der Waals surface area contributed by atoms with Gasteiger partial charge in [-0.2, -0.15) is 0 Å². The molecule has 2 heterocycles. The van der Waals surface area contributed by atoms with E-state index in [-0.39, 0.29) is 17.6 Å². The van der Waals surface area contributed by atoms with Crippen molar-refractivity contribution in [3.05, 3.63) is 84.4 Å². The van der Waals surface area contributed by atoms with Crippen LogP contribution in [0.3, 0.4) is 0 Å². The molecule has 2 aliphatic rings. The average molecular weight is 373 g/mol. The quantitative estimate of drug-likeness (QED) is 0.584. The fraction of sp³-hybridized carbons (Fsp3) is 0.250. The summed E-state index contributed by atoms with van der Waals surface area (Å²) < 4.78 is 12.2. The fourth-order valence-electron chi connectivity index (χ4n) is 4.10. The van der Waals surface area contributed by atoms with Crippen LogP contribution in [0, 0.1) is 5.92 Å². The number of para-hydroxylation sites is 2. The van der Waals surface area contributed by atoms with Gasteiger partial charge < -0.3 is 9.47 Å². The van der Waals surface area contributed by atoms with E-state index in [1.807, 2.05) is 65.7 Å². The zero-order chi connectivity index (χ0) is 19.1. The van der Waals surface area contributed by atoms with E-state index in [0.717, 1.165) is 28.5 Å². The first-order chi connectivity index (χ1) is 13.6. The summed E-state index contributed by atoms with van der Waals surface area (Å²) in [6.07, 6.45) is 0. The zero-order valence-electron chi connectivity index (χ0n) is 16.0. The number of hydroxylamine groups is 1. The molecule has 142 valence electrons. The van der Waals surface area contributed by atoms with Crippen LogP contribution in [0.25, 0.3) is 0 Å². The van der Waals surface area contributed by atoms with Gasteiger partial charge in [-0.1, -0.05) is 36.4 Å². The zero-order valence-corrected chi connectivity index (χ0v) is 16.0. The maximum Gasteiger partial charge on any atom is 0.128 e. The SMILES string of the molecule is CC1(C)ON(c2ccccc2)[C@H]2c3cc(Oc4ccccc4)ccc3OC[C@H]21. The Kier molecular flexibility index (Phi) is 4.02. The molecule has 4 heteroatoms. The van der Waals surface area contributed by atoms with Crippen molar-refractivity contribution in [1.82, 2.24) is 0 Å². The summed E-state index contributed by atoms with van der Waals surface area (Å²) >= 11 is 0. The smallest absolute Gasteiger partial charge is 0.128 e. The topological polar surface area (TPSA) is 30.9 Å². The van der Waals surface area contributed by atoms with Crippen LogP contribution in [0.5, 0.6) is 17.2 Å². The van der Waals surface area contributed by atoms with Crippen molar-refractivity contribution in [2.24, 2.45) is 5.92 Å². The Hall–Kier alpha value is -2.98. The Morgan fingerprint density at radius 2 is 1.61 bits per heavy atom. The predicted molar refractivity (Wildman–Crippen MR) is 109 cm³/mol. The van der Waals surface area contributed by atoms with Crippen LogP contribution >= 0.6 is 0 Å². The first kappa shape index (κ1) is 17.1. The van der Waals surface area contributed by atoms with Crippen LogP contribution in [0.2, 0.25) is 0 Å². The van der Waals surface area contributed by atoms with E-state index in [2.05, 4.69) is 32.0 Å². The highest BCUT2D eigenvalue weighted by atomic mass is 16.7. The van der Waals surface area contributed by atoms with Crippen molar-refractivity contribution in [2.75, 3.05) is 11.7 Å². The number of anilines is 1. The van der Waals surface area contributed by atoms with Gasteiger partial charge in [0.1, 0.15) is 17.2 Å². The van der Waals surface area contributed by atoms with Gasteiger partial charge in [-0.15, -0.1) is 0 Å². The average Bonchev–Trinajstić information content (AvgIpc) is 3.01. The molecule has 3 aromatic carbocycles. The number of nitrogens with zero attached hydrogens (tertiary/aromatic N) is 1. The minimum Gasteiger partial charge on any atom is -0.493 e. The molecule has 0 radical (unpaired) electrons. The Morgan fingerprint density at radius 1 is 0.893 bits per heavy atom. The molecule has 0 spiro atoms. The van der Waals surface area contributed by atoms with Crippen LogP contribution in [0.4, 0.5) is 5.69 Å². The summed E-state index contributed by atoms with van der Waals surface area (Å²) in [6.45, 7) is 4.89. The predicted octanol–water partition coefficient (Wildman–Crippen LogP) is 5.76. The van der Waals surface area contributed by atoms with Gasteiger partial charge in [-0.05, 0) is 56.3 Å². The van der Waals surface area contributed by atoms with Crippen LogP contribution in [-0.2, 0) is 4.84 Å². The van der Waals surface area contributed by atoms with Gasteiger partial charge in [-0.3, -0.25) is 4.84 Å². The summed E-state index contributed by atoms with van der Waals surface area (Å²) in [6, 6.07) is 26.2. The van der Waals surface area contributed by atoms with Crippen LogP contribution in [0.1, 0.15) is 25.5 Å². The molecule has 1 fully saturated rings. The van der Waals surface area contributed by atoms with Gasteiger partial charge in [0.2, 0.25) is 0 Å². The minimum absolute atomic E-state index is 0.0699. The summed E-state index contributed by atoms with van der Waals surface area (Å²) in [5, 5.41) is 2.04. The standard InChI is InChI=1S/C24H23NO3/c1-24(2)21-16-26-22-14-13-19(27-18-11-7-4-8-12-18)15-20(22)23(21)25(28-24)17-9-5-3-6-10-17/h3-15,21,23H,16H2,1-2H3/t21-,23+/m1/s1. The van der Waals surface area contributed by atoms with E-state index in [1.54, 1.807) is 0 Å². The molecular formula is C24H23NO3. The fourth-order valence-corrected chi connectivity index (χ4v) is 4.10. The van der Waals surface area contributed by atoms with E-state index < -0.39 is 0 Å². The molecule has 3 aromatic rings. The second-order valence-electron chi connectivity index (χ2n) is 7.83. The van der Waals surface area contributed by atoms with Gasteiger partial charge >= 0.3 is 0 Å². The van der Waals surface area contributed by atoms with Crippen molar-refractivity contribution in [3.8, 4) is 17.2 Å². The Bertz CT molecular complexity index is 972. The highest BCUT2D eigenvalue weighted by Crippen LogP contribution is 2.52. The highest BCUT2D eigenvalue weighted by Gasteiger charge is 2.52. The molecular weight excluding hydrogens is 350 g/mol. The third-order valence-electron chi connectivity index (χ3n) is 5.57. The number of benzene rings is 3. The maximum absolute atomic E-state index is 6.41. The molecule has 2 atom stereocenters. The summed E-state index contributed by atoms with van der Waals surface area (Å²) in [7, 11) is 0. The van der Waals surface area contributed by atoms with Gasteiger partial charge in [0.15, 0.2) is 0 Å². The minimum atomic E-state index is -0.325. The van der Waals surface area contributed by atoms with Gasteiger partial charge in [0.25, 0.3) is 0 Å². The Morgan fingerprint density at radius 3 is 2.36 bits per heavy atom. The number of hydrogen-bond acceptors (Lipinski definition) is 4.